The van der Waals surface area contributed by atoms with Gasteiger partial charge in [0.05, 0.1) is 20.8 Å². The van der Waals surface area contributed by atoms with Gasteiger partial charge in [0, 0.05) is 41.8 Å². The van der Waals surface area contributed by atoms with E-state index in [1.807, 2.05) is 27.7 Å². The van der Waals surface area contributed by atoms with Crippen LogP contribution >= 0.6 is 0 Å². The van der Waals surface area contributed by atoms with E-state index in [4.69, 9.17) is 18.7 Å². The lowest BCUT2D eigenvalue weighted by Crippen LogP contribution is -2.49. The first kappa shape index (κ1) is 31.0. The number of nitrogens with one attached hydrogen (secondary N) is 2. The van der Waals surface area contributed by atoms with Crippen molar-refractivity contribution in [1.82, 2.24) is 10.5 Å². The van der Waals surface area contributed by atoms with Crippen LogP contribution in [0.4, 0.5) is 11.5 Å². The molecule has 0 saturated heterocycles. The predicted octanol–water partition coefficient (Wildman–Crippen LogP) is 4.81. The minimum atomic E-state index is -1.18. The Morgan fingerprint density at radius 1 is 1.02 bits per heavy atom. The summed E-state index contributed by atoms with van der Waals surface area (Å²) < 4.78 is 21.8. The van der Waals surface area contributed by atoms with Gasteiger partial charge in [-0.2, -0.15) is 0 Å². The first-order valence-corrected chi connectivity index (χ1v) is 13.3. The summed E-state index contributed by atoms with van der Waals surface area (Å²) in [6, 6.07) is 12.4. The van der Waals surface area contributed by atoms with Crippen LogP contribution in [0.15, 0.2) is 53.1 Å². The third-order valence-electron chi connectivity index (χ3n) is 5.87. The molecule has 0 aliphatic heterocycles. The number of anilines is 2. The molecular weight excluding hydrogens is 528 g/mol. The Morgan fingerprint density at radius 2 is 1.76 bits per heavy atom. The molecule has 0 saturated carbocycles. The average Bonchev–Trinajstić information content (AvgIpc) is 3.33. The number of ether oxygens (including phenoxy) is 3. The highest BCUT2D eigenvalue weighted by Gasteiger charge is 2.37. The lowest BCUT2D eigenvalue weighted by molar-refractivity contribution is -0.128. The Kier molecular flexibility index (Phi) is 10.3. The van der Waals surface area contributed by atoms with Crippen LogP contribution in [0.3, 0.4) is 0 Å². The van der Waals surface area contributed by atoms with Gasteiger partial charge in [-0.05, 0) is 52.8 Å². The summed E-state index contributed by atoms with van der Waals surface area (Å²) in [6.07, 6.45) is -0.359. The quantitative estimate of drug-likeness (QED) is 0.319. The van der Waals surface area contributed by atoms with Crippen molar-refractivity contribution in [1.29, 1.82) is 0 Å². The highest BCUT2D eigenvalue weighted by Crippen LogP contribution is 2.40. The van der Waals surface area contributed by atoms with Crippen LogP contribution in [-0.4, -0.2) is 49.2 Å². The Morgan fingerprint density at radius 3 is 2.37 bits per heavy atom. The Bertz CT molecular complexity index is 1360. The lowest BCUT2D eigenvalue weighted by Gasteiger charge is -2.34. The standard InChI is InChI=1S/C30H38N4O7/c1-8-40-21-12-9-11-20(18-21)34(26(36)16-15-25(35)31-24-17-19(2)41-33-24)27(29(37)32-30(3,4)5)22-13-10-14-23(38-6)28(22)39-7/h9-14,17-18,27H,8,15-16H2,1-7H3,(H,32,37)(H,31,33,35)/t27-/m1/s1. The highest BCUT2D eigenvalue weighted by molar-refractivity contribution is 6.03. The molecule has 0 spiro atoms. The van der Waals surface area contributed by atoms with E-state index >= 15 is 0 Å². The number of hydrogen-bond acceptors (Lipinski definition) is 8. The summed E-state index contributed by atoms with van der Waals surface area (Å²) in [5.74, 6) is 0.685. The van der Waals surface area contributed by atoms with Gasteiger partial charge in [-0.15, -0.1) is 0 Å². The monoisotopic (exact) mass is 566 g/mol. The molecule has 220 valence electrons. The molecule has 2 aromatic carbocycles. The molecule has 3 rings (SSSR count). The fourth-order valence-corrected chi connectivity index (χ4v) is 4.26. The molecule has 11 heteroatoms. The van der Waals surface area contributed by atoms with Crippen LogP contribution in [0.5, 0.6) is 17.2 Å². The van der Waals surface area contributed by atoms with Gasteiger partial charge < -0.3 is 29.4 Å². The minimum absolute atomic E-state index is 0.157. The van der Waals surface area contributed by atoms with Gasteiger partial charge in [-0.25, -0.2) is 0 Å². The van der Waals surface area contributed by atoms with E-state index in [0.29, 0.717) is 40.9 Å². The molecule has 1 atom stereocenters. The summed E-state index contributed by atoms with van der Waals surface area (Å²) in [7, 11) is 2.97. The average molecular weight is 567 g/mol. The minimum Gasteiger partial charge on any atom is -0.494 e. The van der Waals surface area contributed by atoms with Gasteiger partial charge in [-0.3, -0.25) is 19.3 Å². The molecule has 1 heterocycles. The molecule has 0 aliphatic carbocycles. The van der Waals surface area contributed by atoms with Crippen molar-refractivity contribution < 1.29 is 33.1 Å². The van der Waals surface area contributed by atoms with Crippen molar-refractivity contribution in [3.63, 3.8) is 0 Å². The predicted molar refractivity (Wildman–Crippen MR) is 154 cm³/mol. The van der Waals surface area contributed by atoms with Gasteiger partial charge in [0.25, 0.3) is 0 Å². The van der Waals surface area contributed by atoms with Crippen LogP contribution in [-0.2, 0) is 14.4 Å². The van der Waals surface area contributed by atoms with E-state index in [1.165, 1.54) is 19.1 Å². The van der Waals surface area contributed by atoms with Crippen molar-refractivity contribution in [2.75, 3.05) is 31.0 Å². The van der Waals surface area contributed by atoms with Crippen molar-refractivity contribution >= 4 is 29.2 Å². The third-order valence-corrected chi connectivity index (χ3v) is 5.87. The molecule has 1 aromatic heterocycles. The van der Waals surface area contributed by atoms with E-state index in [1.54, 1.807) is 55.5 Å². The largest absolute Gasteiger partial charge is 0.494 e. The molecule has 2 N–H and O–H groups in total. The Balaban J connectivity index is 2.09. The third kappa shape index (κ3) is 8.23. The normalized spacial score (nSPS) is 11.8. The van der Waals surface area contributed by atoms with Gasteiger partial charge in [0.1, 0.15) is 17.6 Å². The number of aromatic nitrogens is 1. The number of amides is 3. The van der Waals surface area contributed by atoms with E-state index in [-0.39, 0.29) is 18.7 Å². The number of methoxy groups -OCH3 is 2. The van der Waals surface area contributed by atoms with Crippen molar-refractivity contribution in [2.45, 2.75) is 59.0 Å². The number of hydrogen-bond donors (Lipinski definition) is 2. The zero-order chi connectivity index (χ0) is 30.2. The SMILES string of the molecule is CCOc1cccc(N(C(=O)CCC(=O)Nc2cc(C)on2)[C@@H](C(=O)NC(C)(C)C)c2cccc(OC)c2OC)c1. The van der Waals surface area contributed by atoms with Crippen LogP contribution in [0.25, 0.3) is 0 Å². The molecule has 0 fully saturated rings. The van der Waals surface area contributed by atoms with E-state index in [0.717, 1.165) is 0 Å². The molecule has 11 nitrogen and oxygen atoms in total. The number of para-hydroxylation sites is 1. The summed E-state index contributed by atoms with van der Waals surface area (Å²) in [5.41, 5.74) is 0.206. The number of nitrogens with zero attached hydrogens (tertiary/aromatic N) is 2. The van der Waals surface area contributed by atoms with Crippen LogP contribution in [0, 0.1) is 6.92 Å². The maximum atomic E-state index is 14.0. The van der Waals surface area contributed by atoms with E-state index in [2.05, 4.69) is 15.8 Å². The van der Waals surface area contributed by atoms with Crippen LogP contribution in [0.1, 0.15) is 57.9 Å². The molecule has 41 heavy (non-hydrogen) atoms. The van der Waals surface area contributed by atoms with Crippen molar-refractivity contribution in [3.8, 4) is 17.2 Å². The second-order valence-corrected chi connectivity index (χ2v) is 10.3. The van der Waals surface area contributed by atoms with Gasteiger partial charge in [-0.1, -0.05) is 23.4 Å². The number of rotatable bonds is 12. The fraction of sp³-hybridized carbons (Fsp3) is 0.400. The van der Waals surface area contributed by atoms with Crippen LogP contribution < -0.4 is 29.7 Å². The lowest BCUT2D eigenvalue weighted by atomic mass is 9.98. The second kappa shape index (κ2) is 13.7. The van der Waals surface area contributed by atoms with Crippen molar-refractivity contribution in [3.05, 3.63) is 59.9 Å². The van der Waals surface area contributed by atoms with Gasteiger partial charge in [0.15, 0.2) is 17.3 Å². The molecule has 0 aliphatic rings. The highest BCUT2D eigenvalue weighted by atomic mass is 16.5. The summed E-state index contributed by atoms with van der Waals surface area (Å²) in [6.45, 7) is 9.52. The number of carbonyl (C=O) groups excluding carboxylic acids is 3. The summed E-state index contributed by atoms with van der Waals surface area (Å²) in [5, 5.41) is 9.37. The Hall–Kier alpha value is -4.54. The number of benzene rings is 2. The molecule has 0 unspecified atom stereocenters. The van der Waals surface area contributed by atoms with Gasteiger partial charge >= 0.3 is 0 Å². The van der Waals surface area contributed by atoms with Gasteiger partial charge in [0.2, 0.25) is 17.7 Å². The Labute approximate surface area is 240 Å². The topological polar surface area (TPSA) is 132 Å². The van der Waals surface area contributed by atoms with E-state index in [9.17, 15) is 14.4 Å². The number of carbonyl (C=O) groups is 3. The maximum absolute atomic E-state index is 14.0. The second-order valence-electron chi connectivity index (χ2n) is 10.3. The molecular formula is C30H38N4O7. The molecule has 0 bridgehead atoms. The molecule has 0 radical (unpaired) electrons. The zero-order valence-corrected chi connectivity index (χ0v) is 24.6. The number of aryl methyl sites for hydroxylation is 1. The van der Waals surface area contributed by atoms with Crippen LogP contribution in [0.2, 0.25) is 0 Å². The molecule has 3 amide bonds. The molecule has 3 aromatic rings. The summed E-state index contributed by atoms with van der Waals surface area (Å²) >= 11 is 0. The fourth-order valence-electron chi connectivity index (χ4n) is 4.26. The van der Waals surface area contributed by atoms with E-state index < -0.39 is 29.3 Å². The zero-order valence-electron chi connectivity index (χ0n) is 24.6. The first-order valence-electron chi connectivity index (χ1n) is 13.3. The first-order chi connectivity index (χ1) is 19.5. The van der Waals surface area contributed by atoms with Crippen molar-refractivity contribution in [2.24, 2.45) is 0 Å². The summed E-state index contributed by atoms with van der Waals surface area (Å²) in [4.78, 5) is 42.1. The maximum Gasteiger partial charge on any atom is 0.248 e. The smallest absolute Gasteiger partial charge is 0.248 e.